The minimum absolute atomic E-state index is 0.00833. The summed E-state index contributed by atoms with van der Waals surface area (Å²) in [6, 6.07) is 5.26. The second-order valence-electron chi connectivity index (χ2n) is 9.74. The number of aromatic nitrogens is 2. The summed E-state index contributed by atoms with van der Waals surface area (Å²) in [6.45, 7) is 5.42. The van der Waals surface area contributed by atoms with Gasteiger partial charge in [0.25, 0.3) is 0 Å². The number of carbonyl (C=O) groups excluding carboxylic acids is 2. The number of allylic oxidation sites excluding steroid dienone is 2. The Labute approximate surface area is 198 Å². The molecule has 2 fully saturated rings. The predicted octanol–water partition coefficient (Wildman–Crippen LogP) is 2.84. The van der Waals surface area contributed by atoms with Gasteiger partial charge in [-0.15, -0.1) is 0 Å². The average Bonchev–Trinajstić information content (AvgIpc) is 3.41. The molecule has 34 heavy (non-hydrogen) atoms. The molecule has 5 rings (SSSR count). The van der Waals surface area contributed by atoms with Gasteiger partial charge in [0.1, 0.15) is 12.4 Å². The van der Waals surface area contributed by atoms with Gasteiger partial charge in [0, 0.05) is 18.8 Å². The minimum Gasteiger partial charge on any atom is -0.393 e. The largest absolute Gasteiger partial charge is 0.393 e. The third-order valence-electron chi connectivity index (χ3n) is 7.40. The smallest absolute Gasteiger partial charge is 0.327 e. The number of anilines is 1. The molecule has 0 saturated carbocycles. The highest BCUT2D eigenvalue weighted by molar-refractivity contribution is 6.17. The van der Waals surface area contributed by atoms with Gasteiger partial charge in [0.2, 0.25) is 5.91 Å². The van der Waals surface area contributed by atoms with Gasteiger partial charge in [-0.2, -0.15) is 0 Å². The number of aliphatic hydroxyl groups is 1. The van der Waals surface area contributed by atoms with Crippen molar-refractivity contribution in [2.24, 2.45) is 16.8 Å². The van der Waals surface area contributed by atoms with Crippen LogP contribution < -0.4 is 10.2 Å². The van der Waals surface area contributed by atoms with E-state index >= 15 is 0 Å². The quantitative estimate of drug-likeness (QED) is 0.604. The van der Waals surface area contributed by atoms with Crippen LogP contribution in [0.4, 0.5) is 10.5 Å². The van der Waals surface area contributed by atoms with E-state index in [1.165, 1.54) is 5.57 Å². The van der Waals surface area contributed by atoms with E-state index in [4.69, 9.17) is 0 Å². The Hall–Kier alpha value is -3.20. The summed E-state index contributed by atoms with van der Waals surface area (Å²) < 4.78 is 0. The Morgan fingerprint density at radius 3 is 2.82 bits per heavy atom. The van der Waals surface area contributed by atoms with Gasteiger partial charge in [-0.05, 0) is 62.6 Å². The number of piperidine rings is 1. The standard InChI is InChI=1S/C25H32N6O3/c1-15-3-5-19(16(2)11-15)23-24(26-13-22(33)30-9-7-18(32)8-10-30)29-25(34)31(23)17-4-6-20-21(12-17)28-14-27-20/h4,6,11-12,14,16,18-19,23,32H,3,5,7-10,13H2,1-2H3,(H,27,28)(H,26,29,34). The summed E-state index contributed by atoms with van der Waals surface area (Å²) in [5.41, 5.74) is 3.85. The lowest BCUT2D eigenvalue weighted by molar-refractivity contribution is -0.131. The molecule has 3 aliphatic rings. The Morgan fingerprint density at radius 2 is 2.06 bits per heavy atom. The number of aliphatic hydroxyl groups excluding tert-OH is 1. The number of nitrogens with one attached hydrogen (secondary N) is 2. The van der Waals surface area contributed by atoms with E-state index in [2.05, 4.69) is 40.2 Å². The molecule has 1 aromatic carbocycles. The zero-order valence-corrected chi connectivity index (χ0v) is 19.7. The molecule has 3 amide bonds. The van der Waals surface area contributed by atoms with Crippen molar-refractivity contribution < 1.29 is 14.7 Å². The number of aromatic amines is 1. The van der Waals surface area contributed by atoms with Gasteiger partial charge in [-0.25, -0.2) is 9.78 Å². The molecule has 3 heterocycles. The van der Waals surface area contributed by atoms with Crippen LogP contribution in [0.5, 0.6) is 0 Å². The van der Waals surface area contributed by atoms with Crippen molar-refractivity contribution in [1.82, 2.24) is 20.2 Å². The van der Waals surface area contributed by atoms with E-state index in [0.29, 0.717) is 31.8 Å². The number of carbonyl (C=O) groups is 2. The number of likely N-dealkylation sites (tertiary alicyclic amines) is 1. The highest BCUT2D eigenvalue weighted by atomic mass is 16.3. The Balaban J connectivity index is 1.45. The third-order valence-corrected chi connectivity index (χ3v) is 7.40. The van der Waals surface area contributed by atoms with E-state index in [0.717, 1.165) is 29.6 Å². The van der Waals surface area contributed by atoms with E-state index in [-0.39, 0.29) is 42.5 Å². The number of fused-ring (bicyclic) bond motifs is 1. The number of amides is 3. The van der Waals surface area contributed by atoms with Crippen molar-refractivity contribution in [1.29, 1.82) is 0 Å². The van der Waals surface area contributed by atoms with Crippen LogP contribution in [0.25, 0.3) is 11.0 Å². The first kappa shape index (κ1) is 22.6. The van der Waals surface area contributed by atoms with Crippen LogP contribution in [-0.2, 0) is 4.79 Å². The molecule has 2 saturated heterocycles. The van der Waals surface area contributed by atoms with E-state index in [9.17, 15) is 14.7 Å². The summed E-state index contributed by atoms with van der Waals surface area (Å²) in [5.74, 6) is 0.940. The average molecular weight is 465 g/mol. The number of nitrogens with zero attached hydrogens (tertiary/aromatic N) is 4. The third kappa shape index (κ3) is 4.32. The summed E-state index contributed by atoms with van der Waals surface area (Å²) in [4.78, 5) is 41.6. The molecule has 3 atom stereocenters. The maximum atomic E-state index is 13.2. The lowest BCUT2D eigenvalue weighted by Crippen LogP contribution is -2.45. The van der Waals surface area contributed by atoms with Gasteiger partial charge >= 0.3 is 6.03 Å². The minimum atomic E-state index is -0.334. The van der Waals surface area contributed by atoms with Crippen molar-refractivity contribution >= 4 is 34.5 Å². The molecule has 180 valence electrons. The monoisotopic (exact) mass is 464 g/mol. The number of aliphatic imine (C=N–C) groups is 1. The molecule has 0 radical (unpaired) electrons. The van der Waals surface area contributed by atoms with Crippen molar-refractivity contribution in [3.63, 3.8) is 0 Å². The highest BCUT2D eigenvalue weighted by Crippen LogP contribution is 2.37. The van der Waals surface area contributed by atoms with Gasteiger partial charge in [0.05, 0.1) is 29.5 Å². The van der Waals surface area contributed by atoms with Crippen molar-refractivity contribution in [3.8, 4) is 0 Å². The van der Waals surface area contributed by atoms with Gasteiger partial charge in [-0.3, -0.25) is 20.0 Å². The SMILES string of the molecule is CC1=CC(C)C(C2C(=NCC(=O)N3CCC(O)CC3)NC(=O)N2c2ccc3nc[nH]c3c2)CC1. The summed E-state index contributed by atoms with van der Waals surface area (Å²) in [7, 11) is 0. The Bertz CT molecular complexity index is 1150. The number of hydrogen-bond acceptors (Lipinski definition) is 5. The molecule has 3 unspecified atom stereocenters. The van der Waals surface area contributed by atoms with Crippen LogP contribution in [0.3, 0.4) is 0 Å². The molecule has 2 aromatic rings. The van der Waals surface area contributed by atoms with Crippen LogP contribution >= 0.6 is 0 Å². The van der Waals surface area contributed by atoms with Crippen molar-refractivity contribution in [2.45, 2.75) is 51.7 Å². The number of imidazole rings is 1. The lowest BCUT2D eigenvalue weighted by atomic mass is 9.77. The number of H-pyrrole nitrogens is 1. The normalized spacial score (nSPS) is 27.4. The summed E-state index contributed by atoms with van der Waals surface area (Å²) in [5, 5.41) is 12.7. The number of rotatable bonds is 4. The number of benzene rings is 1. The number of urea groups is 1. The molecule has 2 aliphatic heterocycles. The molecule has 1 aromatic heterocycles. The fourth-order valence-electron chi connectivity index (χ4n) is 5.50. The zero-order valence-electron chi connectivity index (χ0n) is 19.7. The highest BCUT2D eigenvalue weighted by Gasteiger charge is 2.44. The Morgan fingerprint density at radius 1 is 1.26 bits per heavy atom. The molecule has 0 spiro atoms. The van der Waals surface area contributed by atoms with Crippen LogP contribution in [0.15, 0.2) is 41.2 Å². The summed E-state index contributed by atoms with van der Waals surface area (Å²) in [6.07, 6.45) is 6.71. The second kappa shape index (κ2) is 9.21. The fourth-order valence-corrected chi connectivity index (χ4v) is 5.50. The molecular formula is C25H32N6O3. The predicted molar refractivity (Wildman–Crippen MR) is 131 cm³/mol. The van der Waals surface area contributed by atoms with Crippen LogP contribution in [0.2, 0.25) is 0 Å². The maximum Gasteiger partial charge on any atom is 0.327 e. The Kier molecular flexibility index (Phi) is 6.12. The molecule has 9 heteroatoms. The molecular weight excluding hydrogens is 432 g/mol. The molecule has 0 bridgehead atoms. The van der Waals surface area contributed by atoms with E-state index in [1.54, 1.807) is 16.1 Å². The molecule has 1 aliphatic carbocycles. The van der Waals surface area contributed by atoms with Crippen molar-refractivity contribution in [3.05, 3.63) is 36.2 Å². The van der Waals surface area contributed by atoms with Crippen LogP contribution in [0, 0.1) is 11.8 Å². The number of amidine groups is 1. The topological polar surface area (TPSA) is 114 Å². The zero-order chi connectivity index (χ0) is 23.8. The second-order valence-corrected chi connectivity index (χ2v) is 9.74. The first-order valence-electron chi connectivity index (χ1n) is 12.1. The van der Waals surface area contributed by atoms with Gasteiger partial charge in [0.15, 0.2) is 0 Å². The molecule has 9 nitrogen and oxygen atoms in total. The van der Waals surface area contributed by atoms with E-state index < -0.39 is 0 Å². The van der Waals surface area contributed by atoms with Gasteiger partial charge in [-0.1, -0.05) is 18.6 Å². The lowest BCUT2D eigenvalue weighted by Gasteiger charge is -2.36. The van der Waals surface area contributed by atoms with Gasteiger partial charge < -0.3 is 15.0 Å². The molecule has 3 N–H and O–H groups in total. The first-order valence-corrected chi connectivity index (χ1v) is 12.1. The van der Waals surface area contributed by atoms with Crippen LogP contribution in [0.1, 0.15) is 39.5 Å². The van der Waals surface area contributed by atoms with Crippen LogP contribution in [-0.4, -0.2) is 69.5 Å². The fraction of sp³-hybridized carbons (Fsp3) is 0.520. The number of hydrogen-bond donors (Lipinski definition) is 3. The maximum absolute atomic E-state index is 13.2. The van der Waals surface area contributed by atoms with Crippen molar-refractivity contribution in [2.75, 3.05) is 24.5 Å². The van der Waals surface area contributed by atoms with E-state index in [1.807, 2.05) is 18.2 Å². The summed E-state index contributed by atoms with van der Waals surface area (Å²) >= 11 is 0. The first-order chi connectivity index (χ1) is 16.4.